The fraction of sp³-hybridized carbons (Fsp3) is 0.643. The number of aliphatic hydroxyl groups excluding tert-OH is 1. The van der Waals surface area contributed by atoms with Crippen molar-refractivity contribution in [1.29, 1.82) is 0 Å². The van der Waals surface area contributed by atoms with E-state index >= 15 is 0 Å². The van der Waals surface area contributed by atoms with Crippen LogP contribution in [0.5, 0.6) is 0 Å². The third-order valence-corrected chi connectivity index (χ3v) is 3.35. The highest BCUT2D eigenvalue weighted by molar-refractivity contribution is 6.09. The molecule has 1 N–H and O–H groups in total. The summed E-state index contributed by atoms with van der Waals surface area (Å²) in [7, 11) is 0. The van der Waals surface area contributed by atoms with E-state index < -0.39 is 59.7 Å². The monoisotopic (exact) mass is 391 g/mol. The number of esters is 2. The average molecular weight is 391 g/mol. The summed E-state index contributed by atoms with van der Waals surface area (Å²) in [5.74, 6) is -7.81. The van der Waals surface area contributed by atoms with Gasteiger partial charge in [-0.3, -0.25) is 4.79 Å². The second-order valence-corrected chi connectivity index (χ2v) is 4.99. The number of ether oxygens (including phenoxy) is 2. The fourth-order valence-corrected chi connectivity index (χ4v) is 2.40. The van der Waals surface area contributed by atoms with Gasteiger partial charge in [-0.1, -0.05) is 0 Å². The van der Waals surface area contributed by atoms with Gasteiger partial charge in [0.1, 0.15) is 11.6 Å². The molecular weight excluding hydrogens is 376 g/mol. The van der Waals surface area contributed by atoms with E-state index in [9.17, 15) is 41.0 Å². The molecule has 0 saturated carbocycles. The van der Waals surface area contributed by atoms with E-state index in [0.717, 1.165) is 0 Å². The van der Waals surface area contributed by atoms with Crippen molar-refractivity contribution in [3.63, 3.8) is 0 Å². The Labute approximate surface area is 143 Å². The van der Waals surface area contributed by atoms with Gasteiger partial charge in [0.05, 0.1) is 25.4 Å². The number of nitrogens with zero attached hydrogens (tertiary/aromatic N) is 1. The molecule has 0 aromatic heterocycles. The number of aliphatic imine (C=N–C) groups is 1. The summed E-state index contributed by atoms with van der Waals surface area (Å²) in [6.45, 7) is 0.402. The highest BCUT2D eigenvalue weighted by Gasteiger charge is 2.56. The first-order valence-electron chi connectivity index (χ1n) is 7.31. The topological polar surface area (TPSA) is 85.2 Å². The number of halogens is 6. The Kier molecular flexibility index (Phi) is 6.80. The minimum absolute atomic E-state index is 0.372. The summed E-state index contributed by atoms with van der Waals surface area (Å²) in [6, 6.07) is 0. The molecule has 0 aromatic carbocycles. The second-order valence-electron chi connectivity index (χ2n) is 4.99. The Balaban J connectivity index is 3.75. The van der Waals surface area contributed by atoms with Gasteiger partial charge in [-0.2, -0.15) is 26.3 Å². The molecule has 26 heavy (non-hydrogen) atoms. The predicted molar refractivity (Wildman–Crippen MR) is 73.9 cm³/mol. The lowest BCUT2D eigenvalue weighted by Crippen LogP contribution is -2.47. The van der Waals surface area contributed by atoms with E-state index in [1.807, 2.05) is 0 Å². The summed E-state index contributed by atoms with van der Waals surface area (Å²) < 4.78 is 88.1. The molecule has 1 heterocycles. The van der Waals surface area contributed by atoms with E-state index in [1.165, 1.54) is 13.8 Å². The maximum absolute atomic E-state index is 13.2. The second kappa shape index (κ2) is 8.06. The van der Waals surface area contributed by atoms with Gasteiger partial charge >= 0.3 is 24.3 Å². The van der Waals surface area contributed by atoms with Gasteiger partial charge in [0.2, 0.25) is 0 Å². The van der Waals surface area contributed by atoms with Crippen molar-refractivity contribution in [3.05, 3.63) is 11.3 Å². The van der Waals surface area contributed by atoms with Crippen LogP contribution < -0.4 is 0 Å². The van der Waals surface area contributed by atoms with Crippen LogP contribution in [0.3, 0.4) is 0 Å². The molecule has 0 aromatic rings. The highest BCUT2D eigenvalue weighted by Crippen LogP contribution is 2.42. The molecule has 1 aliphatic rings. The zero-order chi connectivity index (χ0) is 20.3. The van der Waals surface area contributed by atoms with E-state index in [4.69, 9.17) is 0 Å². The number of carbonyl (C=O) groups excluding carboxylic acids is 2. The molecule has 1 aliphatic heterocycles. The van der Waals surface area contributed by atoms with Crippen LogP contribution in [-0.4, -0.2) is 54.9 Å². The van der Waals surface area contributed by atoms with Crippen molar-refractivity contribution < 1.29 is 50.5 Å². The number of carbonyl (C=O) groups is 2. The number of aliphatic hydroxyl groups is 1. The van der Waals surface area contributed by atoms with Crippen LogP contribution in [0.4, 0.5) is 26.3 Å². The van der Waals surface area contributed by atoms with Crippen molar-refractivity contribution in [2.24, 2.45) is 16.8 Å². The Bertz CT molecular complexity index is 622. The van der Waals surface area contributed by atoms with Gasteiger partial charge in [0.15, 0.2) is 5.70 Å². The molecule has 2 unspecified atom stereocenters. The lowest BCUT2D eigenvalue weighted by Gasteiger charge is -2.32. The summed E-state index contributed by atoms with van der Waals surface area (Å²) in [5, 5.41) is 9.39. The van der Waals surface area contributed by atoms with Gasteiger partial charge < -0.3 is 14.6 Å². The molecule has 6 nitrogen and oxygen atoms in total. The first-order chi connectivity index (χ1) is 11.9. The van der Waals surface area contributed by atoms with E-state index in [1.54, 1.807) is 0 Å². The zero-order valence-electron chi connectivity index (χ0n) is 13.6. The maximum atomic E-state index is 13.2. The molecule has 0 saturated heterocycles. The number of rotatable bonds is 5. The quantitative estimate of drug-likeness (QED) is 0.574. The summed E-state index contributed by atoms with van der Waals surface area (Å²) in [4.78, 5) is 26.4. The van der Waals surface area contributed by atoms with E-state index in [2.05, 4.69) is 14.5 Å². The lowest BCUT2D eigenvalue weighted by molar-refractivity contribution is -0.150. The van der Waals surface area contributed by atoms with Crippen LogP contribution >= 0.6 is 0 Å². The van der Waals surface area contributed by atoms with Crippen LogP contribution in [0.25, 0.3) is 0 Å². The Morgan fingerprint density at radius 2 is 1.58 bits per heavy atom. The molecule has 148 valence electrons. The van der Waals surface area contributed by atoms with Gasteiger partial charge in [-0.15, -0.1) is 0 Å². The molecule has 0 radical (unpaired) electrons. The normalized spacial score (nSPS) is 21.3. The van der Waals surface area contributed by atoms with Crippen molar-refractivity contribution in [3.8, 4) is 0 Å². The highest BCUT2D eigenvalue weighted by atomic mass is 19.4. The number of allylic oxidation sites excluding steroid dienone is 1. The third-order valence-electron chi connectivity index (χ3n) is 3.35. The molecule has 0 fully saturated rings. The summed E-state index contributed by atoms with van der Waals surface area (Å²) >= 11 is 0. The summed E-state index contributed by atoms with van der Waals surface area (Å²) in [6.07, 6.45) is -10.9. The molecule has 0 spiro atoms. The average Bonchev–Trinajstić information content (AvgIpc) is 2.51. The van der Waals surface area contributed by atoms with E-state index in [0.29, 0.717) is 0 Å². The number of hydrogen-bond acceptors (Lipinski definition) is 6. The zero-order valence-corrected chi connectivity index (χ0v) is 13.6. The molecule has 0 aliphatic carbocycles. The Hall–Kier alpha value is -2.11. The lowest BCUT2D eigenvalue weighted by atomic mass is 9.79. The van der Waals surface area contributed by atoms with E-state index in [-0.39, 0.29) is 13.2 Å². The maximum Gasteiger partial charge on any atom is 0.433 e. The largest absolute Gasteiger partial charge is 0.465 e. The van der Waals surface area contributed by atoms with Crippen LogP contribution in [0.2, 0.25) is 0 Å². The molecule has 0 amide bonds. The summed E-state index contributed by atoms with van der Waals surface area (Å²) in [5.41, 5.74) is -5.62. The SMILES string of the molecule is CCOC(=O)C1=C(C(F)(F)F)N=C(C(F)(F)F)C(C(=O)OCC)C1CO. The van der Waals surface area contributed by atoms with Crippen LogP contribution in [0, 0.1) is 11.8 Å². The van der Waals surface area contributed by atoms with Gasteiger partial charge in [-0.25, -0.2) is 9.79 Å². The first-order valence-corrected chi connectivity index (χ1v) is 7.31. The standard InChI is InChI=1S/C14H15F6NO5/c1-3-25-11(23)7-6(5-22)8(12(24)26-4-2)10(14(18,19)20)21-9(7)13(15,16)17/h6-7,22H,3-5H2,1-2H3. The van der Waals surface area contributed by atoms with Gasteiger partial charge in [0.25, 0.3) is 0 Å². The van der Waals surface area contributed by atoms with Crippen LogP contribution in [0.1, 0.15) is 13.8 Å². The fourth-order valence-electron chi connectivity index (χ4n) is 2.40. The smallest absolute Gasteiger partial charge is 0.433 e. The molecule has 0 bridgehead atoms. The molecule has 1 rings (SSSR count). The molecule has 12 heteroatoms. The van der Waals surface area contributed by atoms with Crippen molar-refractivity contribution >= 4 is 17.7 Å². The molecule has 2 atom stereocenters. The van der Waals surface area contributed by atoms with Gasteiger partial charge in [0, 0.05) is 5.92 Å². The number of hydrogen-bond donors (Lipinski definition) is 1. The minimum Gasteiger partial charge on any atom is -0.465 e. The van der Waals surface area contributed by atoms with Gasteiger partial charge in [-0.05, 0) is 13.8 Å². The third kappa shape index (κ3) is 4.54. The van der Waals surface area contributed by atoms with Crippen LogP contribution in [-0.2, 0) is 19.1 Å². The van der Waals surface area contributed by atoms with Crippen molar-refractivity contribution in [2.45, 2.75) is 26.2 Å². The van der Waals surface area contributed by atoms with Crippen molar-refractivity contribution in [2.75, 3.05) is 19.8 Å². The minimum atomic E-state index is -5.45. The molecular formula is C14H15F6NO5. The predicted octanol–water partition coefficient (Wildman–Crippen LogP) is 2.17. The number of alkyl halides is 6. The van der Waals surface area contributed by atoms with Crippen molar-refractivity contribution in [1.82, 2.24) is 0 Å². The Morgan fingerprint density at radius 3 is 1.96 bits per heavy atom. The first kappa shape index (κ1) is 21.9. The Morgan fingerprint density at radius 1 is 1.04 bits per heavy atom. The van der Waals surface area contributed by atoms with Crippen LogP contribution in [0.15, 0.2) is 16.3 Å².